The van der Waals surface area contributed by atoms with Gasteiger partial charge < -0.3 is 15.5 Å². The van der Waals surface area contributed by atoms with Crippen molar-refractivity contribution in [1.82, 2.24) is 5.32 Å². The van der Waals surface area contributed by atoms with Gasteiger partial charge in [0, 0.05) is 6.42 Å². The molecule has 1 amide bonds. The van der Waals surface area contributed by atoms with E-state index >= 15 is 0 Å². The van der Waals surface area contributed by atoms with Crippen LogP contribution in [-0.2, 0) is 4.79 Å². The van der Waals surface area contributed by atoms with Gasteiger partial charge >= 0.3 is 0 Å². The Bertz CT molecular complexity index is 1540. The number of amides is 1. The molecule has 72 heavy (non-hydrogen) atoms. The SMILES string of the molecule is CC/C=C\C/C=C\C/C=C\C/C=C\C/C=C\C/C=C\C/C=C\C/C=C\C/C=C\C/C=C\C/C=C\C/C=C\CCCCC(=O)NC(CO)C(O)/C=C/CCCCCCCCCCCCCCCCCCCCC. The molecule has 0 bridgehead atoms. The van der Waals surface area contributed by atoms with E-state index in [2.05, 4.69) is 165 Å². The lowest BCUT2D eigenvalue weighted by Gasteiger charge is -2.19. The highest BCUT2D eigenvalue weighted by molar-refractivity contribution is 5.76. The summed E-state index contributed by atoms with van der Waals surface area (Å²) in [5.41, 5.74) is 0. The van der Waals surface area contributed by atoms with E-state index in [0.717, 1.165) is 109 Å². The molecule has 3 N–H and O–H groups in total. The highest BCUT2D eigenvalue weighted by atomic mass is 16.3. The Morgan fingerprint density at radius 3 is 0.917 bits per heavy atom. The topological polar surface area (TPSA) is 69.6 Å². The molecular formula is C68H111NO3. The molecule has 0 spiro atoms. The number of unbranched alkanes of at least 4 members (excludes halogenated alkanes) is 21. The van der Waals surface area contributed by atoms with E-state index in [1.165, 1.54) is 116 Å². The minimum absolute atomic E-state index is 0.111. The fourth-order valence-electron chi connectivity index (χ4n) is 8.04. The van der Waals surface area contributed by atoms with Crippen molar-refractivity contribution in [3.05, 3.63) is 158 Å². The van der Waals surface area contributed by atoms with Gasteiger partial charge in [-0.05, 0) is 109 Å². The van der Waals surface area contributed by atoms with E-state index in [9.17, 15) is 15.0 Å². The minimum Gasteiger partial charge on any atom is -0.394 e. The molecule has 2 atom stereocenters. The Morgan fingerprint density at radius 2 is 0.611 bits per heavy atom. The summed E-state index contributed by atoms with van der Waals surface area (Å²) in [4.78, 5) is 12.5. The van der Waals surface area contributed by atoms with Crippen LogP contribution in [0.1, 0.15) is 245 Å². The number of hydrogen-bond donors (Lipinski definition) is 3. The first-order chi connectivity index (χ1) is 35.7. The van der Waals surface area contributed by atoms with E-state index in [4.69, 9.17) is 0 Å². The van der Waals surface area contributed by atoms with Crippen molar-refractivity contribution in [3.63, 3.8) is 0 Å². The summed E-state index contributed by atoms with van der Waals surface area (Å²) in [5, 5.41) is 23.1. The zero-order valence-corrected chi connectivity index (χ0v) is 46.6. The van der Waals surface area contributed by atoms with Crippen LogP contribution in [0.3, 0.4) is 0 Å². The monoisotopic (exact) mass is 990 g/mol. The van der Waals surface area contributed by atoms with Crippen LogP contribution in [0.5, 0.6) is 0 Å². The third kappa shape index (κ3) is 56.9. The fourth-order valence-corrected chi connectivity index (χ4v) is 8.04. The molecule has 0 aliphatic rings. The Morgan fingerprint density at radius 1 is 0.347 bits per heavy atom. The van der Waals surface area contributed by atoms with Crippen molar-refractivity contribution >= 4 is 5.91 Å². The molecule has 0 aliphatic carbocycles. The number of carbonyl (C=O) groups excluding carboxylic acids is 1. The van der Waals surface area contributed by atoms with Gasteiger partial charge in [-0.3, -0.25) is 4.79 Å². The van der Waals surface area contributed by atoms with Crippen LogP contribution in [0.25, 0.3) is 0 Å². The van der Waals surface area contributed by atoms with Crippen LogP contribution in [0.2, 0.25) is 0 Å². The molecule has 0 radical (unpaired) electrons. The summed E-state index contributed by atoms with van der Waals surface area (Å²) in [5.74, 6) is -0.111. The molecule has 0 heterocycles. The zero-order valence-electron chi connectivity index (χ0n) is 46.6. The number of rotatable bonds is 52. The van der Waals surface area contributed by atoms with Crippen molar-refractivity contribution in [2.24, 2.45) is 0 Å². The molecule has 2 unspecified atom stereocenters. The van der Waals surface area contributed by atoms with Gasteiger partial charge in [0.15, 0.2) is 0 Å². The fraction of sp³-hybridized carbons (Fsp3) is 0.603. The first-order valence-corrected chi connectivity index (χ1v) is 29.7. The lowest BCUT2D eigenvalue weighted by Crippen LogP contribution is -2.45. The smallest absolute Gasteiger partial charge is 0.220 e. The first-order valence-electron chi connectivity index (χ1n) is 29.7. The molecule has 0 aromatic rings. The zero-order chi connectivity index (χ0) is 52.0. The van der Waals surface area contributed by atoms with Crippen molar-refractivity contribution in [1.29, 1.82) is 0 Å². The summed E-state index contributed by atoms with van der Waals surface area (Å²) in [6, 6.07) is -0.658. The predicted molar refractivity (Wildman–Crippen MR) is 321 cm³/mol. The number of hydrogen-bond acceptors (Lipinski definition) is 3. The van der Waals surface area contributed by atoms with E-state index in [-0.39, 0.29) is 12.5 Å². The highest BCUT2D eigenvalue weighted by Gasteiger charge is 2.17. The molecule has 0 rings (SSSR count). The van der Waals surface area contributed by atoms with Crippen LogP contribution in [0.15, 0.2) is 158 Å². The standard InChI is InChI=1S/C68H111NO3/c1-3-5-7-9-11-13-15-17-19-21-23-25-26-27-28-29-30-31-32-33-34-35-36-37-38-39-40-41-42-44-46-48-50-52-54-56-58-60-62-64-68(72)69-66(65-70)67(71)63-61-59-57-55-53-51-49-47-45-43-24-22-20-18-16-14-12-10-8-6-4-2/h5,7,11,13,17,19,23,25,27-28,30-31,33-34,36-37,39-40,42,44,48,50,54,56,61,63,66-67,70-71H,3-4,6,8-10,12,14-16,18,20-22,24,26,29,32,35,38,41,43,45-47,49,51-53,55,57-60,62,64-65H2,1-2H3,(H,69,72)/b7-5-,13-11-,19-17-,25-23-,28-27-,31-30-,34-33-,37-36-,40-39-,44-42-,50-48-,56-54-,63-61+. The van der Waals surface area contributed by atoms with E-state index < -0.39 is 12.1 Å². The van der Waals surface area contributed by atoms with Crippen LogP contribution in [-0.4, -0.2) is 34.9 Å². The van der Waals surface area contributed by atoms with Crippen molar-refractivity contribution < 1.29 is 15.0 Å². The van der Waals surface area contributed by atoms with Crippen molar-refractivity contribution in [2.75, 3.05) is 6.61 Å². The second-order valence-corrected chi connectivity index (χ2v) is 19.3. The molecule has 0 aliphatic heterocycles. The Hall–Kier alpha value is -3.99. The maximum absolute atomic E-state index is 12.5. The molecule has 0 aromatic carbocycles. The van der Waals surface area contributed by atoms with Gasteiger partial charge in [0.1, 0.15) is 0 Å². The number of allylic oxidation sites excluding steroid dienone is 25. The third-order valence-electron chi connectivity index (χ3n) is 12.5. The van der Waals surface area contributed by atoms with E-state index in [1.807, 2.05) is 6.08 Å². The van der Waals surface area contributed by atoms with Crippen LogP contribution in [0, 0.1) is 0 Å². The number of aliphatic hydroxyl groups excluding tert-OH is 2. The lowest BCUT2D eigenvalue weighted by molar-refractivity contribution is -0.123. The highest BCUT2D eigenvalue weighted by Crippen LogP contribution is 2.15. The minimum atomic E-state index is -0.870. The van der Waals surface area contributed by atoms with Gasteiger partial charge in [-0.1, -0.05) is 287 Å². The van der Waals surface area contributed by atoms with E-state index in [0.29, 0.717) is 6.42 Å². The second kappa shape index (κ2) is 61.3. The van der Waals surface area contributed by atoms with Gasteiger partial charge in [0.2, 0.25) is 5.91 Å². The first kappa shape index (κ1) is 68.0. The van der Waals surface area contributed by atoms with E-state index in [1.54, 1.807) is 6.08 Å². The van der Waals surface area contributed by atoms with Gasteiger partial charge in [-0.15, -0.1) is 0 Å². The second-order valence-electron chi connectivity index (χ2n) is 19.3. The molecular weight excluding hydrogens is 879 g/mol. The maximum Gasteiger partial charge on any atom is 0.220 e. The maximum atomic E-state index is 12.5. The Labute approximate surface area is 446 Å². The molecule has 0 saturated heterocycles. The number of aliphatic hydroxyl groups is 2. The van der Waals surface area contributed by atoms with Gasteiger partial charge in [0.05, 0.1) is 18.8 Å². The van der Waals surface area contributed by atoms with Crippen molar-refractivity contribution in [3.8, 4) is 0 Å². The molecule has 0 aromatic heterocycles. The van der Waals surface area contributed by atoms with Crippen molar-refractivity contribution in [2.45, 2.75) is 257 Å². The largest absolute Gasteiger partial charge is 0.394 e. The summed E-state index contributed by atoms with van der Waals surface area (Å²) in [6.45, 7) is 4.18. The van der Waals surface area contributed by atoms with Gasteiger partial charge in [-0.25, -0.2) is 0 Å². The molecule has 406 valence electrons. The Kier molecular flexibility index (Phi) is 57.9. The predicted octanol–water partition coefficient (Wildman–Crippen LogP) is 20.1. The number of carbonyl (C=O) groups is 1. The third-order valence-corrected chi connectivity index (χ3v) is 12.5. The van der Waals surface area contributed by atoms with Gasteiger partial charge in [-0.2, -0.15) is 0 Å². The van der Waals surface area contributed by atoms with Gasteiger partial charge in [0.25, 0.3) is 0 Å². The Balaban J connectivity index is 3.72. The van der Waals surface area contributed by atoms with Crippen LogP contribution in [0.4, 0.5) is 0 Å². The quantitative estimate of drug-likeness (QED) is 0.0420. The van der Waals surface area contributed by atoms with Crippen LogP contribution < -0.4 is 5.32 Å². The molecule has 0 fully saturated rings. The molecule has 4 heteroatoms. The molecule has 4 nitrogen and oxygen atoms in total. The lowest BCUT2D eigenvalue weighted by atomic mass is 10.0. The summed E-state index contributed by atoms with van der Waals surface area (Å²) in [7, 11) is 0. The summed E-state index contributed by atoms with van der Waals surface area (Å²) >= 11 is 0. The number of nitrogens with one attached hydrogen (secondary N) is 1. The average Bonchev–Trinajstić information content (AvgIpc) is 3.39. The summed E-state index contributed by atoms with van der Waals surface area (Å²) in [6.07, 6.45) is 98.3. The average molecular weight is 991 g/mol. The van der Waals surface area contributed by atoms with Crippen LogP contribution >= 0.6 is 0 Å². The normalized spacial score (nSPS) is 14.0. The molecule has 0 saturated carbocycles. The summed E-state index contributed by atoms with van der Waals surface area (Å²) < 4.78 is 0.